The van der Waals surface area contributed by atoms with Crippen LogP contribution < -0.4 is 4.90 Å². The van der Waals surface area contributed by atoms with Crippen LogP contribution in [-0.2, 0) is 0 Å². The van der Waals surface area contributed by atoms with Crippen molar-refractivity contribution in [3.05, 3.63) is 63.7 Å². The summed E-state index contributed by atoms with van der Waals surface area (Å²) in [5.41, 5.74) is 2.83. The lowest BCUT2D eigenvalue weighted by Gasteiger charge is -2.36. The molecule has 0 N–H and O–H groups in total. The van der Waals surface area contributed by atoms with Crippen LogP contribution in [0.4, 0.5) is 11.4 Å². The summed E-state index contributed by atoms with van der Waals surface area (Å²) < 4.78 is 0. The molecule has 0 radical (unpaired) electrons. The fraction of sp³-hybridized carbons (Fsp3) is 0.435. The average Bonchev–Trinajstić information content (AvgIpc) is 2.73. The molecule has 1 aliphatic heterocycles. The molecule has 1 saturated heterocycles. The molecule has 0 aliphatic carbocycles. The highest BCUT2D eigenvalue weighted by Crippen LogP contribution is 2.31. The van der Waals surface area contributed by atoms with Crippen molar-refractivity contribution in [3.63, 3.8) is 0 Å². The Morgan fingerprint density at radius 1 is 1.13 bits per heavy atom. The number of aryl methyl sites for hydroxylation is 1. The quantitative estimate of drug-likeness (QED) is 0.353. The van der Waals surface area contributed by atoms with Crippen molar-refractivity contribution in [2.24, 2.45) is 5.92 Å². The van der Waals surface area contributed by atoms with Crippen molar-refractivity contribution < 1.29 is 9.72 Å². The van der Waals surface area contributed by atoms with Gasteiger partial charge < -0.3 is 9.80 Å². The van der Waals surface area contributed by atoms with Crippen molar-refractivity contribution in [2.75, 3.05) is 36.8 Å². The van der Waals surface area contributed by atoms with Crippen LogP contribution in [0.2, 0.25) is 0 Å². The van der Waals surface area contributed by atoms with Crippen LogP contribution in [0.5, 0.6) is 0 Å². The molecule has 160 valence electrons. The molecule has 30 heavy (non-hydrogen) atoms. The van der Waals surface area contributed by atoms with Crippen LogP contribution in [0, 0.1) is 23.0 Å². The van der Waals surface area contributed by atoms with Crippen LogP contribution in [0.3, 0.4) is 0 Å². The van der Waals surface area contributed by atoms with Crippen LogP contribution in [-0.4, -0.2) is 47.7 Å². The molecule has 7 heteroatoms. The summed E-state index contributed by atoms with van der Waals surface area (Å²) in [6.07, 6.45) is 0.994. The lowest BCUT2D eigenvalue weighted by molar-refractivity contribution is -0.387. The standard InChI is InChI=1S/C23H29N3O3S/c1-17(2)10-15-30-22-9-8-19(16-21(22)26(28)29)23(27)25-13-11-24(12-14-25)20-7-5-4-6-18(20)3/h4-9,16-17H,10-15H2,1-3H3. The zero-order chi connectivity index (χ0) is 21.7. The van der Waals surface area contributed by atoms with Crippen molar-refractivity contribution in [1.29, 1.82) is 0 Å². The first kappa shape index (κ1) is 22.2. The van der Waals surface area contributed by atoms with Crippen LogP contribution in [0.1, 0.15) is 36.2 Å². The number of amides is 1. The van der Waals surface area contributed by atoms with E-state index in [4.69, 9.17) is 0 Å². The van der Waals surface area contributed by atoms with Gasteiger partial charge in [0, 0.05) is 43.5 Å². The molecule has 0 bridgehead atoms. The number of benzene rings is 2. The fourth-order valence-corrected chi connectivity index (χ4v) is 4.83. The molecule has 2 aromatic rings. The number of nitro groups is 1. The summed E-state index contributed by atoms with van der Waals surface area (Å²) in [6.45, 7) is 9.07. The maximum absolute atomic E-state index is 13.0. The van der Waals surface area contributed by atoms with Crippen LogP contribution in [0.15, 0.2) is 47.4 Å². The summed E-state index contributed by atoms with van der Waals surface area (Å²) >= 11 is 1.49. The predicted molar refractivity (Wildman–Crippen MR) is 123 cm³/mol. The maximum Gasteiger partial charge on any atom is 0.283 e. The van der Waals surface area contributed by atoms with Crippen LogP contribution in [0.25, 0.3) is 0 Å². The van der Waals surface area contributed by atoms with Gasteiger partial charge in [-0.2, -0.15) is 0 Å². The van der Waals surface area contributed by atoms with Gasteiger partial charge in [0.2, 0.25) is 0 Å². The lowest BCUT2D eigenvalue weighted by atomic mass is 10.1. The summed E-state index contributed by atoms with van der Waals surface area (Å²) in [6, 6.07) is 13.1. The number of carbonyl (C=O) groups is 1. The first-order chi connectivity index (χ1) is 14.4. The minimum Gasteiger partial charge on any atom is -0.368 e. The van der Waals surface area contributed by atoms with Gasteiger partial charge in [0.25, 0.3) is 11.6 Å². The van der Waals surface area contributed by atoms with E-state index in [9.17, 15) is 14.9 Å². The van der Waals surface area contributed by atoms with E-state index in [-0.39, 0.29) is 16.5 Å². The average molecular weight is 428 g/mol. The van der Waals surface area contributed by atoms with Crippen molar-refractivity contribution in [3.8, 4) is 0 Å². The number of piperazine rings is 1. The summed E-state index contributed by atoms with van der Waals surface area (Å²) in [4.78, 5) is 28.9. The Labute approximate surface area is 182 Å². The van der Waals surface area contributed by atoms with E-state index in [2.05, 4.69) is 37.8 Å². The lowest BCUT2D eigenvalue weighted by Crippen LogP contribution is -2.49. The molecule has 0 atom stereocenters. The van der Waals surface area contributed by atoms with E-state index >= 15 is 0 Å². The topological polar surface area (TPSA) is 66.7 Å². The third-order valence-corrected chi connectivity index (χ3v) is 6.47. The molecular weight excluding hydrogens is 398 g/mol. The molecule has 0 unspecified atom stereocenters. The molecule has 0 saturated carbocycles. The molecule has 1 fully saturated rings. The Morgan fingerprint density at radius 2 is 1.83 bits per heavy atom. The highest BCUT2D eigenvalue weighted by atomic mass is 32.2. The SMILES string of the molecule is Cc1ccccc1N1CCN(C(=O)c2ccc(SCCC(C)C)c([N+](=O)[O-])c2)CC1. The Hall–Kier alpha value is -2.54. The number of para-hydroxylation sites is 1. The minimum absolute atomic E-state index is 0.0214. The van der Waals surface area contributed by atoms with Crippen molar-refractivity contribution in [1.82, 2.24) is 4.90 Å². The summed E-state index contributed by atoms with van der Waals surface area (Å²) in [5, 5.41) is 11.6. The van der Waals surface area contributed by atoms with E-state index in [0.29, 0.717) is 29.5 Å². The van der Waals surface area contributed by atoms with E-state index in [1.54, 1.807) is 17.0 Å². The summed E-state index contributed by atoms with van der Waals surface area (Å²) in [7, 11) is 0. The molecule has 1 heterocycles. The Kier molecular flexibility index (Phi) is 7.37. The second-order valence-electron chi connectivity index (χ2n) is 8.04. The molecule has 2 aromatic carbocycles. The van der Waals surface area contributed by atoms with E-state index in [0.717, 1.165) is 25.3 Å². The van der Waals surface area contributed by atoms with Gasteiger partial charge in [-0.15, -0.1) is 11.8 Å². The predicted octanol–water partition coefficient (Wildman–Crippen LogP) is 5.00. The molecule has 0 aromatic heterocycles. The number of nitrogens with zero attached hydrogens (tertiary/aromatic N) is 3. The number of hydrogen-bond donors (Lipinski definition) is 0. The number of carbonyl (C=O) groups excluding carboxylic acids is 1. The molecular formula is C23H29N3O3S. The number of rotatable bonds is 7. The van der Waals surface area contributed by atoms with Gasteiger partial charge >= 0.3 is 0 Å². The summed E-state index contributed by atoms with van der Waals surface area (Å²) in [5.74, 6) is 1.24. The number of nitro benzene ring substituents is 1. The van der Waals surface area contributed by atoms with Gasteiger partial charge in [-0.05, 0) is 48.8 Å². The van der Waals surface area contributed by atoms with E-state index in [1.165, 1.54) is 29.1 Å². The highest BCUT2D eigenvalue weighted by molar-refractivity contribution is 7.99. The Balaban J connectivity index is 1.67. The van der Waals surface area contributed by atoms with Gasteiger partial charge in [0.15, 0.2) is 0 Å². The fourth-order valence-electron chi connectivity index (χ4n) is 3.57. The third kappa shape index (κ3) is 5.33. The second kappa shape index (κ2) is 9.98. The van der Waals surface area contributed by atoms with Crippen LogP contribution >= 0.6 is 11.8 Å². The van der Waals surface area contributed by atoms with Crippen molar-refractivity contribution >= 4 is 29.0 Å². The molecule has 6 nitrogen and oxygen atoms in total. The van der Waals surface area contributed by atoms with Gasteiger partial charge in [-0.3, -0.25) is 14.9 Å². The van der Waals surface area contributed by atoms with E-state index in [1.807, 2.05) is 12.1 Å². The normalized spacial score (nSPS) is 14.3. The van der Waals surface area contributed by atoms with E-state index < -0.39 is 0 Å². The largest absolute Gasteiger partial charge is 0.368 e. The van der Waals surface area contributed by atoms with Crippen molar-refractivity contribution in [2.45, 2.75) is 32.1 Å². The zero-order valence-corrected chi connectivity index (χ0v) is 18.7. The maximum atomic E-state index is 13.0. The number of hydrogen-bond acceptors (Lipinski definition) is 5. The monoisotopic (exact) mass is 427 g/mol. The Bertz CT molecular complexity index is 908. The molecule has 0 spiro atoms. The zero-order valence-electron chi connectivity index (χ0n) is 17.8. The third-order valence-electron chi connectivity index (χ3n) is 5.38. The molecule has 3 rings (SSSR count). The van der Waals surface area contributed by atoms with Gasteiger partial charge in [-0.25, -0.2) is 0 Å². The number of thioether (sulfide) groups is 1. The Morgan fingerprint density at radius 3 is 2.47 bits per heavy atom. The first-order valence-electron chi connectivity index (χ1n) is 10.4. The second-order valence-corrected chi connectivity index (χ2v) is 9.17. The van der Waals surface area contributed by atoms with Gasteiger partial charge in [0.1, 0.15) is 0 Å². The van der Waals surface area contributed by atoms with Gasteiger partial charge in [0.05, 0.1) is 9.82 Å². The molecule has 1 amide bonds. The highest BCUT2D eigenvalue weighted by Gasteiger charge is 2.25. The van der Waals surface area contributed by atoms with Gasteiger partial charge in [-0.1, -0.05) is 32.0 Å². The smallest absolute Gasteiger partial charge is 0.283 e. The first-order valence-corrected chi connectivity index (χ1v) is 11.4. The number of anilines is 1. The molecule has 1 aliphatic rings. The minimum atomic E-state index is -0.384.